The molecule has 0 radical (unpaired) electrons. The molecule has 21 heavy (non-hydrogen) atoms. The van der Waals surface area contributed by atoms with E-state index in [1.54, 1.807) is 31.2 Å². The standard InChI is InChI=1S/C16H15BrO4/c1-2-20-16(19)12-6-11(10-18)7-15(8-12)21-14-5-3-4-13(17)9-14/h3-9,18H,2,10H2,1H3. The van der Waals surface area contributed by atoms with Gasteiger partial charge in [0.05, 0.1) is 18.8 Å². The Morgan fingerprint density at radius 3 is 2.67 bits per heavy atom. The van der Waals surface area contributed by atoms with Gasteiger partial charge in [-0.3, -0.25) is 0 Å². The van der Waals surface area contributed by atoms with Crippen LogP contribution >= 0.6 is 15.9 Å². The molecule has 1 N–H and O–H groups in total. The predicted octanol–water partition coefficient (Wildman–Crippen LogP) is 3.91. The first-order valence-corrected chi connectivity index (χ1v) is 7.27. The Balaban J connectivity index is 2.30. The van der Waals surface area contributed by atoms with E-state index in [4.69, 9.17) is 9.47 Å². The second kappa shape index (κ2) is 7.24. The van der Waals surface area contributed by atoms with Crippen LogP contribution in [0.1, 0.15) is 22.8 Å². The van der Waals surface area contributed by atoms with E-state index >= 15 is 0 Å². The molecule has 0 heterocycles. The Morgan fingerprint density at radius 1 is 1.19 bits per heavy atom. The van der Waals surface area contributed by atoms with Crippen molar-refractivity contribution >= 4 is 21.9 Å². The Kier molecular flexibility index (Phi) is 5.36. The fraction of sp³-hybridized carbons (Fsp3) is 0.188. The lowest BCUT2D eigenvalue weighted by Gasteiger charge is -2.10. The van der Waals surface area contributed by atoms with Crippen molar-refractivity contribution in [3.8, 4) is 11.5 Å². The lowest BCUT2D eigenvalue weighted by molar-refractivity contribution is 0.0526. The zero-order valence-corrected chi connectivity index (χ0v) is 13.1. The highest BCUT2D eigenvalue weighted by atomic mass is 79.9. The summed E-state index contributed by atoms with van der Waals surface area (Å²) < 4.78 is 11.6. The van der Waals surface area contributed by atoms with Gasteiger partial charge in [0.2, 0.25) is 0 Å². The number of benzene rings is 2. The molecule has 0 spiro atoms. The van der Waals surface area contributed by atoms with Gasteiger partial charge in [0.1, 0.15) is 11.5 Å². The Bertz CT molecular complexity index is 640. The van der Waals surface area contributed by atoms with Crippen LogP contribution in [0, 0.1) is 0 Å². The number of aliphatic hydroxyl groups excluding tert-OH is 1. The smallest absolute Gasteiger partial charge is 0.338 e. The molecule has 0 aromatic heterocycles. The summed E-state index contributed by atoms with van der Waals surface area (Å²) in [6.45, 7) is 1.86. The van der Waals surface area contributed by atoms with Crippen LogP contribution < -0.4 is 4.74 Å². The molecule has 0 aliphatic rings. The van der Waals surface area contributed by atoms with Crippen molar-refractivity contribution in [3.63, 3.8) is 0 Å². The third-order valence-electron chi connectivity index (χ3n) is 2.69. The van der Waals surface area contributed by atoms with Gasteiger partial charge in [-0.05, 0) is 48.9 Å². The van der Waals surface area contributed by atoms with Crippen molar-refractivity contribution in [1.82, 2.24) is 0 Å². The predicted molar refractivity (Wildman–Crippen MR) is 82.5 cm³/mol. The number of halogens is 1. The topological polar surface area (TPSA) is 55.8 Å². The van der Waals surface area contributed by atoms with Crippen molar-refractivity contribution in [2.45, 2.75) is 13.5 Å². The lowest BCUT2D eigenvalue weighted by atomic mass is 10.1. The van der Waals surface area contributed by atoms with Crippen LogP contribution in [-0.2, 0) is 11.3 Å². The van der Waals surface area contributed by atoms with E-state index in [2.05, 4.69) is 15.9 Å². The van der Waals surface area contributed by atoms with Crippen LogP contribution in [0.5, 0.6) is 11.5 Å². The first-order valence-electron chi connectivity index (χ1n) is 6.47. The monoisotopic (exact) mass is 350 g/mol. The van der Waals surface area contributed by atoms with E-state index < -0.39 is 5.97 Å². The number of rotatable bonds is 5. The number of ether oxygens (including phenoxy) is 2. The van der Waals surface area contributed by atoms with E-state index in [0.29, 0.717) is 29.2 Å². The zero-order chi connectivity index (χ0) is 15.2. The van der Waals surface area contributed by atoms with Crippen LogP contribution in [0.3, 0.4) is 0 Å². The molecule has 2 aromatic rings. The van der Waals surface area contributed by atoms with Gasteiger partial charge in [0.25, 0.3) is 0 Å². The Morgan fingerprint density at radius 2 is 2.00 bits per heavy atom. The Labute approximate surface area is 131 Å². The molecule has 0 saturated heterocycles. The molecule has 0 fully saturated rings. The summed E-state index contributed by atoms with van der Waals surface area (Å²) >= 11 is 3.37. The summed E-state index contributed by atoms with van der Waals surface area (Å²) in [7, 11) is 0. The second-order valence-electron chi connectivity index (χ2n) is 4.30. The molecule has 2 rings (SSSR count). The summed E-state index contributed by atoms with van der Waals surface area (Å²) in [5, 5.41) is 9.29. The number of carbonyl (C=O) groups is 1. The minimum atomic E-state index is -0.438. The minimum absolute atomic E-state index is 0.178. The number of hydrogen-bond acceptors (Lipinski definition) is 4. The molecule has 0 bridgehead atoms. The molecule has 5 heteroatoms. The van der Waals surface area contributed by atoms with Gasteiger partial charge in [0, 0.05) is 4.47 Å². The second-order valence-corrected chi connectivity index (χ2v) is 5.22. The van der Waals surface area contributed by atoms with Gasteiger partial charge in [-0.2, -0.15) is 0 Å². The Hall–Kier alpha value is -1.85. The van der Waals surface area contributed by atoms with Crippen molar-refractivity contribution < 1.29 is 19.4 Å². The van der Waals surface area contributed by atoms with E-state index in [9.17, 15) is 9.90 Å². The summed E-state index contributed by atoms with van der Waals surface area (Å²) in [5.74, 6) is 0.670. The summed E-state index contributed by atoms with van der Waals surface area (Å²) in [5.41, 5.74) is 0.943. The van der Waals surface area contributed by atoms with E-state index in [-0.39, 0.29) is 6.61 Å². The SMILES string of the molecule is CCOC(=O)c1cc(CO)cc(Oc2cccc(Br)c2)c1. The van der Waals surface area contributed by atoms with Gasteiger partial charge in [-0.1, -0.05) is 22.0 Å². The van der Waals surface area contributed by atoms with Gasteiger partial charge < -0.3 is 14.6 Å². The van der Waals surface area contributed by atoms with Crippen molar-refractivity contribution in [2.75, 3.05) is 6.61 Å². The van der Waals surface area contributed by atoms with Crippen LogP contribution in [0.4, 0.5) is 0 Å². The highest BCUT2D eigenvalue weighted by Gasteiger charge is 2.11. The molecule has 0 atom stereocenters. The summed E-state index contributed by atoms with van der Waals surface area (Å²) in [6, 6.07) is 12.2. The largest absolute Gasteiger partial charge is 0.462 e. The third kappa shape index (κ3) is 4.31. The maximum atomic E-state index is 11.8. The first kappa shape index (κ1) is 15.5. The van der Waals surface area contributed by atoms with Crippen LogP contribution in [0.25, 0.3) is 0 Å². The maximum absolute atomic E-state index is 11.8. The van der Waals surface area contributed by atoms with Gasteiger partial charge in [-0.15, -0.1) is 0 Å². The van der Waals surface area contributed by atoms with Crippen LogP contribution in [-0.4, -0.2) is 17.7 Å². The highest BCUT2D eigenvalue weighted by Crippen LogP contribution is 2.26. The molecule has 0 saturated carbocycles. The summed E-state index contributed by atoms with van der Waals surface area (Å²) in [6.07, 6.45) is 0. The van der Waals surface area contributed by atoms with E-state index in [1.165, 1.54) is 0 Å². The summed E-state index contributed by atoms with van der Waals surface area (Å²) in [4.78, 5) is 11.8. The molecule has 0 amide bonds. The fourth-order valence-electron chi connectivity index (χ4n) is 1.81. The zero-order valence-electron chi connectivity index (χ0n) is 11.5. The molecule has 110 valence electrons. The minimum Gasteiger partial charge on any atom is -0.462 e. The molecular formula is C16H15BrO4. The fourth-order valence-corrected chi connectivity index (χ4v) is 2.19. The van der Waals surface area contributed by atoms with Gasteiger partial charge in [-0.25, -0.2) is 4.79 Å². The number of aliphatic hydroxyl groups is 1. The van der Waals surface area contributed by atoms with Crippen LogP contribution in [0.2, 0.25) is 0 Å². The van der Waals surface area contributed by atoms with Crippen molar-refractivity contribution in [1.29, 1.82) is 0 Å². The maximum Gasteiger partial charge on any atom is 0.338 e. The molecule has 0 aliphatic carbocycles. The van der Waals surface area contributed by atoms with Gasteiger partial charge >= 0.3 is 5.97 Å². The van der Waals surface area contributed by atoms with Crippen LogP contribution in [0.15, 0.2) is 46.9 Å². The normalized spacial score (nSPS) is 10.2. The first-order chi connectivity index (χ1) is 10.1. The highest BCUT2D eigenvalue weighted by molar-refractivity contribution is 9.10. The van der Waals surface area contributed by atoms with E-state index in [1.807, 2.05) is 18.2 Å². The molecular weight excluding hydrogens is 336 g/mol. The third-order valence-corrected chi connectivity index (χ3v) is 3.19. The number of esters is 1. The quantitative estimate of drug-likeness (QED) is 0.830. The molecule has 4 nitrogen and oxygen atoms in total. The average Bonchev–Trinajstić information content (AvgIpc) is 2.47. The molecule has 2 aromatic carbocycles. The average molecular weight is 351 g/mol. The van der Waals surface area contributed by atoms with Gasteiger partial charge in [0.15, 0.2) is 0 Å². The molecule has 0 aliphatic heterocycles. The van der Waals surface area contributed by atoms with Crippen molar-refractivity contribution in [2.24, 2.45) is 0 Å². The molecule has 0 unspecified atom stereocenters. The lowest BCUT2D eigenvalue weighted by Crippen LogP contribution is -2.05. The number of carbonyl (C=O) groups excluding carboxylic acids is 1. The van der Waals surface area contributed by atoms with Crippen molar-refractivity contribution in [3.05, 3.63) is 58.1 Å². The van der Waals surface area contributed by atoms with E-state index in [0.717, 1.165) is 4.47 Å². The number of hydrogen-bond donors (Lipinski definition) is 1.